The maximum Gasteiger partial charge on any atom is 0.472 e. The number of carbonyl (C=O) groups is 3. The van der Waals surface area contributed by atoms with Crippen molar-refractivity contribution in [1.29, 1.82) is 0 Å². The summed E-state index contributed by atoms with van der Waals surface area (Å²) in [5, 5.41) is 9.74. The van der Waals surface area contributed by atoms with Crippen molar-refractivity contribution in [3.63, 3.8) is 0 Å². The van der Waals surface area contributed by atoms with E-state index in [-0.39, 0.29) is 19.3 Å². The van der Waals surface area contributed by atoms with Crippen LogP contribution in [0.4, 0.5) is 0 Å². The minimum Gasteiger partial charge on any atom is -0.462 e. The van der Waals surface area contributed by atoms with Gasteiger partial charge in [0, 0.05) is 19.3 Å². The van der Waals surface area contributed by atoms with Crippen molar-refractivity contribution in [2.24, 2.45) is 0 Å². The molecule has 12 heteroatoms. The van der Waals surface area contributed by atoms with Gasteiger partial charge in [-0.05, 0) is 109 Å². The Bertz CT molecular complexity index is 1690. The first-order chi connectivity index (χ1) is 33.2. The second-order valence-electron chi connectivity index (χ2n) is 15.5. The van der Waals surface area contributed by atoms with Crippen molar-refractivity contribution in [2.75, 3.05) is 26.4 Å². The molecule has 3 unspecified atom stereocenters. The van der Waals surface area contributed by atoms with Crippen LogP contribution in [0.2, 0.25) is 0 Å². The summed E-state index contributed by atoms with van der Waals surface area (Å²) in [7, 11) is -4.80. The minimum absolute atomic E-state index is 0.0229. The topological polar surface area (TPSA) is 155 Å². The Morgan fingerprint density at radius 3 is 1.10 bits per heavy atom. The lowest BCUT2D eigenvalue weighted by molar-refractivity contribution is -0.161. The zero-order chi connectivity index (χ0) is 49.9. The van der Waals surface area contributed by atoms with E-state index in [2.05, 4.69) is 130 Å². The predicted octanol–water partition coefficient (Wildman–Crippen LogP) is 14.0. The highest BCUT2D eigenvalue weighted by molar-refractivity contribution is 7.47. The molecule has 2 N–H and O–H groups in total. The summed E-state index contributed by atoms with van der Waals surface area (Å²) in [5.41, 5.74) is 0. The van der Waals surface area contributed by atoms with Gasteiger partial charge in [-0.1, -0.05) is 167 Å². The fourth-order valence-electron chi connectivity index (χ4n) is 5.61. The molecular weight excluding hydrogens is 880 g/mol. The van der Waals surface area contributed by atoms with Gasteiger partial charge in [0.15, 0.2) is 6.10 Å². The average molecular weight is 965 g/mol. The molecule has 0 rings (SSSR count). The van der Waals surface area contributed by atoms with Gasteiger partial charge in [0.1, 0.15) is 12.7 Å². The first kappa shape index (κ1) is 63.4. The first-order valence-electron chi connectivity index (χ1n) is 24.7. The highest BCUT2D eigenvalue weighted by Crippen LogP contribution is 2.43. The van der Waals surface area contributed by atoms with E-state index in [1.54, 1.807) is 0 Å². The Kier molecular flexibility index (Phi) is 45.5. The molecule has 0 spiro atoms. The Morgan fingerprint density at radius 1 is 0.412 bits per heavy atom. The van der Waals surface area contributed by atoms with E-state index in [9.17, 15) is 28.9 Å². The van der Waals surface area contributed by atoms with Crippen LogP contribution in [0, 0.1) is 0 Å². The number of phosphoric ester groups is 1. The fourth-order valence-corrected chi connectivity index (χ4v) is 6.39. The van der Waals surface area contributed by atoms with Crippen LogP contribution in [-0.4, -0.2) is 66.5 Å². The summed E-state index contributed by atoms with van der Waals surface area (Å²) in [4.78, 5) is 48.2. The monoisotopic (exact) mass is 965 g/mol. The van der Waals surface area contributed by atoms with E-state index >= 15 is 0 Å². The van der Waals surface area contributed by atoms with Gasteiger partial charge in [-0.15, -0.1) is 0 Å². The zero-order valence-corrected chi connectivity index (χ0v) is 42.4. The van der Waals surface area contributed by atoms with Gasteiger partial charge in [-0.3, -0.25) is 23.4 Å². The smallest absolute Gasteiger partial charge is 0.462 e. The molecule has 0 aromatic heterocycles. The number of esters is 3. The van der Waals surface area contributed by atoms with Crippen LogP contribution in [0.5, 0.6) is 0 Å². The standard InChI is InChI=1S/C56H85O11P/c1-4-7-10-13-16-19-22-25-26-29-30-33-36-39-42-45-54(58)63-49-53(67-56(60)47-44-41-38-35-32-28-24-21-18-15-12-9-6-3)51-65-68(61,62)64-50-52(48-57)66-55(59)46-43-40-37-34-31-27-23-20-17-14-11-8-5-2/h7-12,16-21,25-28,30-33,37-38,40-41,52-53,57H,4-6,13-15,22-24,29,34-36,39,42-51H2,1-3H3,(H,61,62)/b10-7-,11-8-,12-9-,19-16-,20-17-,21-18-,26-25-,31-27-,32-28-,33-30-,40-37-,41-38-. The number of aliphatic hydroxyl groups excluding tert-OH is 1. The van der Waals surface area contributed by atoms with Crippen LogP contribution in [-0.2, 0) is 42.2 Å². The Morgan fingerprint density at radius 2 is 0.735 bits per heavy atom. The van der Waals surface area contributed by atoms with Crippen molar-refractivity contribution in [2.45, 2.75) is 161 Å². The molecule has 0 heterocycles. The molecule has 380 valence electrons. The summed E-state index contributed by atoms with van der Waals surface area (Å²) >= 11 is 0. The highest BCUT2D eigenvalue weighted by atomic mass is 31.2. The van der Waals surface area contributed by atoms with Gasteiger partial charge in [0.25, 0.3) is 0 Å². The molecule has 0 aliphatic heterocycles. The van der Waals surface area contributed by atoms with E-state index in [4.69, 9.17) is 23.3 Å². The van der Waals surface area contributed by atoms with Crippen molar-refractivity contribution >= 4 is 25.7 Å². The third-order valence-corrected chi connectivity index (χ3v) is 10.2. The Labute approximate surface area is 410 Å². The van der Waals surface area contributed by atoms with Crippen LogP contribution in [0.25, 0.3) is 0 Å². The summed E-state index contributed by atoms with van der Waals surface area (Å²) in [6, 6.07) is 0. The largest absolute Gasteiger partial charge is 0.472 e. The molecule has 3 atom stereocenters. The molecule has 68 heavy (non-hydrogen) atoms. The van der Waals surface area contributed by atoms with Crippen LogP contribution >= 0.6 is 7.82 Å². The Balaban J connectivity index is 4.99. The number of ether oxygens (including phenoxy) is 3. The van der Waals surface area contributed by atoms with Crippen LogP contribution in [0.15, 0.2) is 146 Å². The second-order valence-corrected chi connectivity index (χ2v) is 16.9. The summed E-state index contributed by atoms with van der Waals surface area (Å²) in [5.74, 6) is -1.73. The number of hydrogen-bond acceptors (Lipinski definition) is 10. The Hall–Kier alpha value is -4.64. The summed E-state index contributed by atoms with van der Waals surface area (Å²) < 4.78 is 39.1. The molecule has 0 aromatic rings. The summed E-state index contributed by atoms with van der Waals surface area (Å²) in [6.45, 7) is 4.02. The van der Waals surface area contributed by atoms with Crippen molar-refractivity contribution in [3.8, 4) is 0 Å². The molecule has 0 aliphatic rings. The molecule has 0 bridgehead atoms. The number of hydrogen-bond donors (Lipinski definition) is 2. The number of aliphatic hydroxyl groups is 1. The third-order valence-electron chi connectivity index (χ3n) is 9.27. The third kappa shape index (κ3) is 46.5. The van der Waals surface area contributed by atoms with Crippen LogP contribution in [0.3, 0.4) is 0 Å². The first-order valence-corrected chi connectivity index (χ1v) is 26.2. The van der Waals surface area contributed by atoms with E-state index < -0.39 is 64.4 Å². The maximum atomic E-state index is 12.8. The molecule has 11 nitrogen and oxygen atoms in total. The van der Waals surface area contributed by atoms with Crippen molar-refractivity contribution in [1.82, 2.24) is 0 Å². The number of allylic oxidation sites excluding steroid dienone is 24. The molecule has 0 amide bonds. The van der Waals surface area contributed by atoms with Gasteiger partial charge in [-0.2, -0.15) is 0 Å². The van der Waals surface area contributed by atoms with E-state index in [0.717, 1.165) is 83.5 Å². The predicted molar refractivity (Wildman–Crippen MR) is 279 cm³/mol. The lowest BCUT2D eigenvalue weighted by atomic mass is 10.2. The maximum absolute atomic E-state index is 12.8. The van der Waals surface area contributed by atoms with Crippen molar-refractivity contribution in [3.05, 3.63) is 146 Å². The highest BCUT2D eigenvalue weighted by Gasteiger charge is 2.28. The number of unbranched alkanes of at least 4 members (excludes halogenated alkanes) is 2. The normalized spacial score (nSPS) is 14.7. The van der Waals surface area contributed by atoms with E-state index in [1.165, 1.54) is 0 Å². The fraction of sp³-hybridized carbons (Fsp3) is 0.518. The molecule has 0 saturated carbocycles. The molecular formula is C56H85O11P. The van der Waals surface area contributed by atoms with Gasteiger partial charge >= 0.3 is 25.7 Å². The summed E-state index contributed by atoms with van der Waals surface area (Å²) in [6.07, 6.45) is 61.5. The lowest BCUT2D eigenvalue weighted by Crippen LogP contribution is -2.30. The van der Waals surface area contributed by atoms with Crippen LogP contribution in [0.1, 0.15) is 149 Å². The average Bonchev–Trinajstić information content (AvgIpc) is 3.32. The van der Waals surface area contributed by atoms with Gasteiger partial charge in [-0.25, -0.2) is 4.57 Å². The SMILES string of the molecule is CC/C=C\C/C=C\C/C=C\C/C=C\CCCCC(=O)OCC(COP(=O)(O)OCC(CO)OC(=O)CC/C=C\C/C=C\C/C=C\C/C=C\CC)OC(=O)CC/C=C\C/C=C\C/C=C\C/C=C\CC. The van der Waals surface area contributed by atoms with Crippen molar-refractivity contribution < 1.29 is 52.2 Å². The van der Waals surface area contributed by atoms with Gasteiger partial charge in [0.2, 0.25) is 0 Å². The number of rotatable bonds is 43. The van der Waals surface area contributed by atoms with Gasteiger partial charge < -0.3 is 24.2 Å². The minimum atomic E-state index is -4.80. The molecule has 0 fully saturated rings. The van der Waals surface area contributed by atoms with Crippen LogP contribution < -0.4 is 0 Å². The molecule has 0 aliphatic carbocycles. The number of carbonyl (C=O) groups excluding carboxylic acids is 3. The van der Waals surface area contributed by atoms with E-state index in [1.807, 2.05) is 36.5 Å². The zero-order valence-electron chi connectivity index (χ0n) is 41.5. The lowest BCUT2D eigenvalue weighted by Gasteiger charge is -2.21. The van der Waals surface area contributed by atoms with E-state index in [0.29, 0.717) is 25.7 Å². The van der Waals surface area contributed by atoms with Gasteiger partial charge in [0.05, 0.1) is 19.8 Å². The molecule has 0 radical (unpaired) electrons. The molecule has 0 aromatic carbocycles. The second kappa shape index (κ2) is 48.8. The molecule has 0 saturated heterocycles. The quantitative estimate of drug-likeness (QED) is 0.0197. The number of phosphoric acid groups is 1.